The summed E-state index contributed by atoms with van der Waals surface area (Å²) in [6.07, 6.45) is 32.5. The van der Waals surface area contributed by atoms with Crippen LogP contribution in [0.3, 0.4) is 0 Å². The minimum atomic E-state index is -0.117. The van der Waals surface area contributed by atoms with Gasteiger partial charge >= 0.3 is 0 Å². The van der Waals surface area contributed by atoms with E-state index in [1.807, 2.05) is 243 Å². The van der Waals surface area contributed by atoms with E-state index in [9.17, 15) is 20.4 Å². The maximum Gasteiger partial charge on any atom is 0.161 e. The monoisotopic (exact) mass is 1540 g/mol. The van der Waals surface area contributed by atoms with Gasteiger partial charge in [-0.25, -0.2) is 0 Å². The molecule has 556 valence electrons. The number of hydrogen-bond donors (Lipinski definition) is 4. The minimum Gasteiger partial charge on any atom is -0.496 e. The maximum atomic E-state index is 9.55. The first-order valence-electron chi connectivity index (χ1n) is 34.6. The first-order chi connectivity index (χ1) is 52.9. The van der Waals surface area contributed by atoms with Gasteiger partial charge in [0, 0.05) is 67.8 Å². The summed E-state index contributed by atoms with van der Waals surface area (Å²) in [5, 5.41) is 37.9. The smallest absolute Gasteiger partial charge is 0.161 e. The van der Waals surface area contributed by atoms with Gasteiger partial charge in [0.25, 0.3) is 0 Å². The SMILES string of the molecule is COc1cc(/C=C/c2ccnc(-c3cc(/C=C/c4ccc(OC)c(OC)c4)ccn3)c2)ccc1CO.COc1ccc(/C=C/c2ccnc(-c3cc(/C=C/c4ccc(CO)c(CO)c4)ccn3)c2)cc1CO.COc1ccc(/C=C/c2ccnc(-c3cc(CCc4ccc(OC)c(OC)c4)ccn3)c2)cc1OC.[Ru]. The van der Waals surface area contributed by atoms with E-state index >= 15 is 0 Å². The standard InChI is InChI=1S/C30H30N2O4.2C30H28N2O4.Ru/c1-33-27-11-9-21(19-29(27)35-3)5-7-23-13-15-31-25(17-23)26-18-24(14-16-32-26)8-6-22-10-12-28(34-2)30(20-22)36-4;1-34-28-11-9-22(19-30(28)36-3)5-7-24-13-15-32-27(17-24)26-16-23(12-14-31-26)6-4-21-8-10-25(20-33)29(18-21)35-2;1-36-30-9-7-22(15-27(30)20-35)3-5-24-11-13-32-29(17-24)28-16-23(10-12-31-28)4-2-21-6-8-25(18-33)26(14-21)19-34;/h5,7,9-20H,6,8H2,1-4H3;4-19,33H,20H2,1-3H3;2-17,33-35H,18-20H2,1H3;/b7-5+;6-4+,7-5+;4-2+,5-3+;. The zero-order chi connectivity index (χ0) is 76.0. The molecule has 109 heavy (non-hydrogen) atoms. The Morgan fingerprint density at radius 1 is 0.220 bits per heavy atom. The molecule has 4 N–H and O–H groups in total. The molecule has 0 saturated carbocycles. The summed E-state index contributed by atoms with van der Waals surface area (Å²) in [6.45, 7) is -0.360. The van der Waals surface area contributed by atoms with Crippen molar-refractivity contribution in [1.82, 2.24) is 29.9 Å². The van der Waals surface area contributed by atoms with E-state index in [2.05, 4.69) is 42.0 Å². The zero-order valence-corrected chi connectivity index (χ0v) is 63.6. The first-order valence-corrected chi connectivity index (χ1v) is 34.6. The number of rotatable bonds is 28. The van der Waals surface area contributed by atoms with Crippen molar-refractivity contribution >= 4 is 60.8 Å². The maximum absolute atomic E-state index is 9.55. The van der Waals surface area contributed by atoms with E-state index in [4.69, 9.17) is 37.9 Å². The molecule has 6 heterocycles. The number of aromatic nitrogens is 6. The number of aliphatic hydroxyl groups excluding tert-OH is 4. The summed E-state index contributed by atoms with van der Waals surface area (Å²) in [6, 6.07) is 58.5. The molecular weight excluding hydrogens is 1460 g/mol. The van der Waals surface area contributed by atoms with Gasteiger partial charge in [0.15, 0.2) is 34.5 Å². The Morgan fingerprint density at radius 2 is 0.477 bits per heavy atom. The van der Waals surface area contributed by atoms with E-state index in [-0.39, 0.29) is 45.9 Å². The number of aryl methyl sites for hydroxylation is 2. The zero-order valence-electron chi connectivity index (χ0n) is 61.9. The fraction of sp³-hybridized carbons (Fsp3) is 0.156. The summed E-state index contributed by atoms with van der Waals surface area (Å²) in [4.78, 5) is 27.1. The third-order valence-electron chi connectivity index (χ3n) is 17.4. The number of hydrogen-bond acceptors (Lipinski definition) is 18. The largest absolute Gasteiger partial charge is 0.496 e. The molecule has 0 aliphatic rings. The molecule has 12 rings (SSSR count). The Hall–Kier alpha value is -12.2. The molecule has 6 aromatic carbocycles. The van der Waals surface area contributed by atoms with Crippen LogP contribution in [0, 0.1) is 0 Å². The number of benzene rings is 6. The van der Waals surface area contributed by atoms with Gasteiger partial charge in [-0.2, -0.15) is 0 Å². The summed E-state index contributed by atoms with van der Waals surface area (Å²) in [5.74, 6) is 5.59. The molecule has 0 unspecified atom stereocenters. The van der Waals surface area contributed by atoms with Crippen molar-refractivity contribution in [2.45, 2.75) is 39.3 Å². The molecule has 0 bridgehead atoms. The van der Waals surface area contributed by atoms with Crippen molar-refractivity contribution in [3.05, 3.63) is 308 Å². The first kappa shape index (κ1) is 80.9. The number of aliphatic hydroxyl groups is 4. The van der Waals surface area contributed by atoms with Gasteiger partial charge in [-0.05, 0) is 224 Å². The number of methoxy groups -OCH3 is 8. The Morgan fingerprint density at radius 3 is 0.826 bits per heavy atom. The Labute approximate surface area is 649 Å². The van der Waals surface area contributed by atoms with Crippen molar-refractivity contribution < 1.29 is 77.8 Å². The van der Waals surface area contributed by atoms with Crippen molar-refractivity contribution in [2.24, 2.45) is 0 Å². The molecule has 0 fully saturated rings. The summed E-state index contributed by atoms with van der Waals surface area (Å²) < 4.78 is 42.8. The predicted molar refractivity (Wildman–Crippen MR) is 429 cm³/mol. The van der Waals surface area contributed by atoms with Gasteiger partial charge in [0.2, 0.25) is 0 Å². The molecule has 18 nitrogen and oxygen atoms in total. The molecule has 0 aliphatic carbocycles. The quantitative estimate of drug-likeness (QED) is 0.0334. The van der Waals surface area contributed by atoms with Gasteiger partial charge in [-0.15, -0.1) is 0 Å². The molecular formula is C90H86N6O12Ru. The summed E-state index contributed by atoms with van der Waals surface area (Å²) in [5.41, 5.74) is 19.9. The third-order valence-corrected chi connectivity index (χ3v) is 17.4. The van der Waals surface area contributed by atoms with Crippen LogP contribution in [0.2, 0.25) is 0 Å². The predicted octanol–water partition coefficient (Wildman–Crippen LogP) is 17.1. The number of pyridine rings is 6. The molecule has 0 aliphatic heterocycles. The van der Waals surface area contributed by atoms with Gasteiger partial charge in [-0.1, -0.05) is 109 Å². The summed E-state index contributed by atoms with van der Waals surface area (Å²) >= 11 is 0. The summed E-state index contributed by atoms with van der Waals surface area (Å²) in [7, 11) is 13.0. The Kier molecular flexibility index (Phi) is 30.9. The van der Waals surface area contributed by atoms with Crippen molar-refractivity contribution in [3.8, 4) is 80.2 Å². The second kappa shape index (κ2) is 41.6. The molecule has 0 atom stereocenters. The molecule has 19 heteroatoms. The molecule has 0 radical (unpaired) electrons. The fourth-order valence-corrected chi connectivity index (χ4v) is 11.5. The Balaban J connectivity index is 0.000000188. The van der Waals surface area contributed by atoms with Crippen LogP contribution < -0.4 is 37.9 Å². The van der Waals surface area contributed by atoms with Gasteiger partial charge < -0.3 is 58.3 Å². The van der Waals surface area contributed by atoms with E-state index in [0.717, 1.165) is 131 Å². The van der Waals surface area contributed by atoms with Gasteiger partial charge in [0.1, 0.15) is 11.5 Å². The van der Waals surface area contributed by atoms with Crippen LogP contribution in [-0.2, 0) is 58.7 Å². The third kappa shape index (κ3) is 22.9. The van der Waals surface area contributed by atoms with Gasteiger partial charge in [0.05, 0.1) is 117 Å². The van der Waals surface area contributed by atoms with Crippen LogP contribution in [0.1, 0.15) is 89.0 Å². The average Bonchev–Trinajstić information content (AvgIpc) is 0.841. The minimum absolute atomic E-state index is 0. The fourth-order valence-electron chi connectivity index (χ4n) is 11.5. The Bertz CT molecular complexity index is 4730. The average molecular weight is 1540 g/mol. The number of nitrogens with zero attached hydrogens (tertiary/aromatic N) is 6. The van der Waals surface area contributed by atoms with E-state index in [1.54, 1.807) is 81.7 Å². The van der Waals surface area contributed by atoms with E-state index in [1.165, 1.54) is 11.1 Å². The van der Waals surface area contributed by atoms with Gasteiger partial charge in [-0.3, -0.25) is 29.9 Å². The van der Waals surface area contributed by atoms with Crippen LogP contribution in [-0.4, -0.2) is 107 Å². The van der Waals surface area contributed by atoms with E-state index < -0.39 is 0 Å². The van der Waals surface area contributed by atoms with Crippen molar-refractivity contribution in [1.29, 1.82) is 0 Å². The van der Waals surface area contributed by atoms with Crippen molar-refractivity contribution in [3.63, 3.8) is 0 Å². The second-order valence-corrected chi connectivity index (χ2v) is 24.3. The van der Waals surface area contributed by atoms with Crippen LogP contribution in [0.15, 0.2) is 219 Å². The molecule has 0 spiro atoms. The molecule has 12 aromatic rings. The number of ether oxygens (including phenoxy) is 8. The topological polar surface area (TPSA) is 232 Å². The molecule has 0 amide bonds. The van der Waals surface area contributed by atoms with Crippen LogP contribution in [0.5, 0.6) is 46.0 Å². The molecule has 6 aromatic heterocycles. The van der Waals surface area contributed by atoms with Crippen molar-refractivity contribution in [2.75, 3.05) is 56.9 Å². The molecule has 0 saturated heterocycles. The van der Waals surface area contributed by atoms with E-state index in [0.29, 0.717) is 40.1 Å². The van der Waals surface area contributed by atoms with Crippen LogP contribution in [0.25, 0.3) is 94.9 Å². The van der Waals surface area contributed by atoms with Crippen LogP contribution >= 0.6 is 0 Å². The van der Waals surface area contributed by atoms with Crippen LogP contribution in [0.4, 0.5) is 0 Å². The second-order valence-electron chi connectivity index (χ2n) is 24.3. The normalized spacial score (nSPS) is 11.1.